The Morgan fingerprint density at radius 1 is 1.04 bits per heavy atom. The molecule has 0 saturated carbocycles. The van der Waals surface area contributed by atoms with Gasteiger partial charge in [0, 0.05) is 27.6 Å². The van der Waals surface area contributed by atoms with Crippen LogP contribution >= 0.6 is 22.6 Å². The van der Waals surface area contributed by atoms with Crippen molar-refractivity contribution in [1.29, 1.82) is 0 Å². The maximum Gasteiger partial charge on any atom is 0.514 e. The van der Waals surface area contributed by atoms with E-state index < -0.39 is 60.5 Å². The number of azide groups is 1. The average Bonchev–Trinajstić information content (AvgIpc) is 3.77. The molecule has 0 bridgehead atoms. The van der Waals surface area contributed by atoms with Gasteiger partial charge in [0.05, 0.1) is 51.1 Å². The Balaban J connectivity index is 1.25. The molecule has 7 rings (SSSR count). The molecule has 0 unspecified atom stereocenters. The second-order valence-electron chi connectivity index (χ2n) is 12.3. The van der Waals surface area contributed by atoms with Gasteiger partial charge in [-0.25, -0.2) is 4.79 Å². The van der Waals surface area contributed by atoms with Crippen LogP contribution in [0.15, 0.2) is 59.7 Å². The van der Waals surface area contributed by atoms with Gasteiger partial charge in [0.1, 0.15) is 6.61 Å². The van der Waals surface area contributed by atoms with E-state index in [1.165, 1.54) is 14.2 Å². The molecule has 3 aliphatic heterocycles. The second-order valence-corrected chi connectivity index (χ2v) is 13.2. The van der Waals surface area contributed by atoms with Gasteiger partial charge in [0.2, 0.25) is 12.5 Å². The minimum atomic E-state index is -0.999. The van der Waals surface area contributed by atoms with Crippen molar-refractivity contribution in [1.82, 2.24) is 0 Å². The number of alkyl halides is 1. The van der Waals surface area contributed by atoms with Crippen LogP contribution in [0.25, 0.3) is 10.4 Å². The Morgan fingerprint density at radius 2 is 1.75 bits per heavy atom. The predicted octanol–water partition coefficient (Wildman–Crippen LogP) is 5.73. The highest BCUT2D eigenvalue weighted by Crippen LogP contribution is 2.57. The maximum absolute atomic E-state index is 13.7. The summed E-state index contributed by atoms with van der Waals surface area (Å²) in [4.78, 5) is 29.4. The Hall–Kier alpha value is -4.48. The molecule has 1 N–H and O–H groups in total. The number of aliphatic hydroxyl groups excluding tert-OH is 1. The molecule has 3 aromatic rings. The van der Waals surface area contributed by atoms with Crippen molar-refractivity contribution in [2.75, 3.05) is 32.0 Å². The van der Waals surface area contributed by atoms with Crippen LogP contribution in [0.5, 0.6) is 28.7 Å². The van der Waals surface area contributed by atoms with Crippen LogP contribution in [0, 0.1) is 11.8 Å². The number of carbonyl (C=O) groups is 2. The molecule has 268 valence electrons. The van der Waals surface area contributed by atoms with Crippen molar-refractivity contribution >= 4 is 34.7 Å². The summed E-state index contributed by atoms with van der Waals surface area (Å²) >= 11 is 2.10. The molecule has 51 heavy (non-hydrogen) atoms. The zero-order chi connectivity index (χ0) is 35.6. The molecule has 0 radical (unpaired) electrons. The Labute approximate surface area is 305 Å². The molecular weight excluding hydrogens is 781 g/mol. The summed E-state index contributed by atoms with van der Waals surface area (Å²) in [7, 11) is 2.86. The van der Waals surface area contributed by atoms with Crippen molar-refractivity contribution in [3.63, 3.8) is 0 Å². The van der Waals surface area contributed by atoms with Crippen LogP contribution in [0.2, 0.25) is 0 Å². The summed E-state index contributed by atoms with van der Waals surface area (Å²) < 4.78 is 52.7. The van der Waals surface area contributed by atoms with Gasteiger partial charge in [-0.05, 0) is 52.1 Å². The highest BCUT2D eigenvalue weighted by Gasteiger charge is 2.54. The molecule has 3 heterocycles. The number of hydrogen-bond donors (Lipinski definition) is 1. The Bertz CT molecular complexity index is 1810. The molecular formula is C35H34IN3O12. The lowest BCUT2D eigenvalue weighted by Crippen LogP contribution is -2.50. The van der Waals surface area contributed by atoms with Gasteiger partial charge >= 0.3 is 12.1 Å². The van der Waals surface area contributed by atoms with Crippen LogP contribution in [0.4, 0.5) is 4.79 Å². The summed E-state index contributed by atoms with van der Waals surface area (Å²) in [5, 5.41) is 14.5. The third-order valence-corrected chi connectivity index (χ3v) is 10.4. The molecule has 1 aliphatic carbocycles. The highest BCUT2D eigenvalue weighted by molar-refractivity contribution is 14.1. The lowest BCUT2D eigenvalue weighted by molar-refractivity contribution is -0.248. The zero-order valence-electron chi connectivity index (χ0n) is 27.5. The van der Waals surface area contributed by atoms with E-state index in [0.717, 1.165) is 5.56 Å². The fourth-order valence-electron chi connectivity index (χ4n) is 7.17. The largest absolute Gasteiger partial charge is 0.514 e. The number of fused-ring (bicyclic) bond motifs is 3. The summed E-state index contributed by atoms with van der Waals surface area (Å²) in [5.74, 6) is -0.899. The van der Waals surface area contributed by atoms with E-state index in [9.17, 15) is 14.7 Å². The van der Waals surface area contributed by atoms with Crippen molar-refractivity contribution < 1.29 is 57.3 Å². The van der Waals surface area contributed by atoms with Gasteiger partial charge in [0.25, 0.3) is 0 Å². The fraction of sp³-hybridized carbons (Fsp3) is 0.429. The lowest BCUT2D eigenvalue weighted by Gasteiger charge is -2.43. The zero-order valence-corrected chi connectivity index (χ0v) is 29.7. The topological polar surface area (TPSA) is 186 Å². The normalized spacial score (nSPS) is 27.3. The van der Waals surface area contributed by atoms with Gasteiger partial charge in [-0.3, -0.25) is 4.79 Å². The first-order valence-corrected chi connectivity index (χ1v) is 17.7. The number of hydrogen-bond acceptors (Lipinski definition) is 13. The molecule has 0 amide bonds. The van der Waals surface area contributed by atoms with Crippen molar-refractivity contribution in [3.8, 4) is 28.7 Å². The summed E-state index contributed by atoms with van der Waals surface area (Å²) in [6, 6.07) is 15.4. The van der Waals surface area contributed by atoms with Crippen LogP contribution in [0.3, 0.4) is 0 Å². The van der Waals surface area contributed by atoms with Crippen molar-refractivity contribution in [3.05, 3.63) is 87.3 Å². The number of halogens is 1. The number of benzene rings is 3. The van der Waals surface area contributed by atoms with E-state index >= 15 is 0 Å². The van der Waals surface area contributed by atoms with Gasteiger partial charge in [-0.2, -0.15) is 0 Å². The average molecular weight is 816 g/mol. The number of esters is 1. The number of methoxy groups -OCH3 is 2. The molecule has 16 heteroatoms. The van der Waals surface area contributed by atoms with E-state index in [1.807, 2.05) is 42.5 Å². The van der Waals surface area contributed by atoms with Crippen LogP contribution in [-0.2, 0) is 30.3 Å². The van der Waals surface area contributed by atoms with Crippen LogP contribution in [-0.4, -0.2) is 73.8 Å². The summed E-state index contributed by atoms with van der Waals surface area (Å²) in [6.07, 6.45) is -4.06. The molecule has 0 aromatic heterocycles. The predicted molar refractivity (Wildman–Crippen MR) is 184 cm³/mol. The Morgan fingerprint density at radius 3 is 2.41 bits per heavy atom. The van der Waals surface area contributed by atoms with E-state index in [0.29, 0.717) is 32.6 Å². The van der Waals surface area contributed by atoms with Crippen LogP contribution in [0.1, 0.15) is 40.7 Å². The minimum absolute atomic E-state index is 0.00314. The number of carbonyl (C=O) groups excluding carboxylic acids is 2. The molecule has 2 saturated heterocycles. The molecule has 4 aliphatic rings. The first-order valence-electron chi connectivity index (χ1n) is 16.2. The Kier molecular flexibility index (Phi) is 10.3. The van der Waals surface area contributed by atoms with Gasteiger partial charge in [-0.15, -0.1) is 0 Å². The van der Waals surface area contributed by atoms with Gasteiger partial charge in [0.15, 0.2) is 29.3 Å². The van der Waals surface area contributed by atoms with E-state index in [4.69, 9.17) is 48.2 Å². The van der Waals surface area contributed by atoms with Gasteiger partial charge in [-0.1, -0.05) is 58.0 Å². The number of cyclic esters (lactones) is 1. The quantitative estimate of drug-likeness (QED) is 0.0499. The lowest BCUT2D eigenvalue weighted by atomic mass is 9.66. The smallest absolute Gasteiger partial charge is 0.493 e. The third-order valence-electron chi connectivity index (χ3n) is 9.53. The SMILES string of the molecule is COc1cc([C@@H]2c3cc4c(cc3[C@@H](O[C@H]3C[C@H](N=[N+]=[N-])[C@H](O)[C@@H](CI)O3)[C@H]3COC(=O)[C@H]23)OCO4)cc(OC)c1OC(=O)OCc1ccccc1. The van der Waals surface area contributed by atoms with Gasteiger partial charge < -0.3 is 47.7 Å². The number of nitrogens with zero attached hydrogens (tertiary/aromatic N) is 3. The van der Waals surface area contributed by atoms with Crippen molar-refractivity contribution in [2.45, 2.75) is 49.6 Å². The van der Waals surface area contributed by atoms with Crippen molar-refractivity contribution in [2.24, 2.45) is 17.0 Å². The third kappa shape index (κ3) is 6.81. The van der Waals surface area contributed by atoms with Crippen LogP contribution < -0.4 is 23.7 Å². The molecule has 3 aromatic carbocycles. The second kappa shape index (κ2) is 15.0. The monoisotopic (exact) mass is 815 g/mol. The first-order chi connectivity index (χ1) is 24.8. The molecule has 15 nitrogen and oxygen atoms in total. The van der Waals surface area contributed by atoms with E-state index in [1.54, 1.807) is 12.1 Å². The standard InChI is InChI=1S/C35H34IN3O12/c1-43-25-8-18(9-26(44-2)33(25)51-35(42)46-14-17-6-4-3-5-7-17)29-19-10-23-24(48-16-47-23)11-20(19)32(21-15-45-34(41)30(21)29)50-28-12-22(38-39-37)31(40)27(13-36)49-28/h3-11,21-22,27-32,40H,12-16H2,1-2H3/t21-,22-,27+,28-,29+,30-,31-,32+/m0/s1. The first kappa shape index (κ1) is 34.9. The van der Waals surface area contributed by atoms with E-state index in [-0.39, 0.29) is 43.7 Å². The number of rotatable bonds is 10. The maximum atomic E-state index is 13.7. The molecule has 0 spiro atoms. The highest BCUT2D eigenvalue weighted by atomic mass is 127. The number of aliphatic hydroxyl groups is 1. The number of ether oxygens (including phenoxy) is 9. The van der Waals surface area contributed by atoms with E-state index in [2.05, 4.69) is 32.6 Å². The molecule has 2 fully saturated rings. The summed E-state index contributed by atoms with van der Waals surface area (Å²) in [6.45, 7) is 0.0848. The minimum Gasteiger partial charge on any atom is -0.493 e. The molecule has 8 atom stereocenters. The summed E-state index contributed by atoms with van der Waals surface area (Å²) in [5.41, 5.74) is 12.0. The fourth-order valence-corrected chi connectivity index (χ4v) is 7.90.